The minimum atomic E-state index is -0.0839. The molecule has 0 aliphatic rings. The molecule has 0 radical (unpaired) electrons. The number of rotatable bonds is 5. The van der Waals surface area contributed by atoms with Crippen molar-refractivity contribution in [3.05, 3.63) is 41.2 Å². The first-order valence-electron chi connectivity index (χ1n) is 6.22. The van der Waals surface area contributed by atoms with Crippen LogP contribution in [0.1, 0.15) is 12.1 Å². The first kappa shape index (κ1) is 14.4. The van der Waals surface area contributed by atoms with Crippen LogP contribution in [-0.4, -0.2) is 22.8 Å². The maximum atomic E-state index is 11.8. The number of carbonyl (C=O) groups excluding carboxylic acids is 1. The summed E-state index contributed by atoms with van der Waals surface area (Å²) in [6, 6.07) is 7.03. The Morgan fingerprint density at radius 3 is 2.85 bits per heavy atom. The molecule has 0 unspecified atom stereocenters. The van der Waals surface area contributed by atoms with Crippen molar-refractivity contribution in [2.24, 2.45) is 0 Å². The average molecular weight is 294 g/mol. The molecule has 1 aromatic carbocycles. The Bertz CT molecular complexity index is 610. The van der Waals surface area contributed by atoms with Gasteiger partial charge >= 0.3 is 0 Å². The third-order valence-electron chi connectivity index (χ3n) is 2.78. The van der Waals surface area contributed by atoms with Crippen LogP contribution in [0.3, 0.4) is 0 Å². The fraction of sp³-hybridized carbons (Fsp3) is 0.286. The molecule has 0 aliphatic heterocycles. The first-order chi connectivity index (χ1) is 9.58. The molecular formula is C14H16ClN3O2. The van der Waals surface area contributed by atoms with Gasteiger partial charge in [0, 0.05) is 24.8 Å². The summed E-state index contributed by atoms with van der Waals surface area (Å²) in [5.41, 5.74) is 1.59. The number of carbonyl (C=O) groups is 1. The highest BCUT2D eigenvalue weighted by atomic mass is 35.5. The van der Waals surface area contributed by atoms with E-state index in [4.69, 9.17) is 16.3 Å². The van der Waals surface area contributed by atoms with E-state index in [2.05, 4.69) is 10.4 Å². The fourth-order valence-electron chi connectivity index (χ4n) is 1.77. The van der Waals surface area contributed by atoms with Crippen LogP contribution in [0.25, 0.3) is 0 Å². The van der Waals surface area contributed by atoms with Crippen molar-refractivity contribution in [2.45, 2.75) is 19.9 Å². The fourth-order valence-corrected chi connectivity index (χ4v) is 2.03. The Morgan fingerprint density at radius 2 is 2.25 bits per heavy atom. The minimum Gasteiger partial charge on any atom is -0.495 e. The van der Waals surface area contributed by atoms with E-state index >= 15 is 0 Å². The summed E-state index contributed by atoms with van der Waals surface area (Å²) < 4.78 is 6.80. The third kappa shape index (κ3) is 3.74. The van der Waals surface area contributed by atoms with Crippen LogP contribution in [0.2, 0.25) is 5.02 Å². The Hall–Kier alpha value is -2.01. The maximum absolute atomic E-state index is 11.8. The molecule has 6 heteroatoms. The largest absolute Gasteiger partial charge is 0.495 e. The molecule has 1 aromatic heterocycles. The number of anilines is 1. The van der Waals surface area contributed by atoms with Crippen LogP contribution < -0.4 is 10.1 Å². The molecule has 0 aliphatic carbocycles. The number of benzene rings is 1. The van der Waals surface area contributed by atoms with E-state index in [1.807, 2.05) is 19.2 Å². The molecule has 1 amide bonds. The lowest BCUT2D eigenvalue weighted by atomic mass is 10.3. The normalized spacial score (nSPS) is 10.3. The smallest absolute Gasteiger partial charge is 0.226 e. The monoisotopic (exact) mass is 293 g/mol. The second-order valence-corrected chi connectivity index (χ2v) is 4.77. The summed E-state index contributed by atoms with van der Waals surface area (Å²) in [6.07, 6.45) is 2.21. The van der Waals surface area contributed by atoms with Gasteiger partial charge in [0.25, 0.3) is 0 Å². The minimum absolute atomic E-state index is 0.0839. The van der Waals surface area contributed by atoms with E-state index in [1.165, 1.54) is 0 Å². The van der Waals surface area contributed by atoms with Crippen LogP contribution in [-0.2, 0) is 11.3 Å². The lowest BCUT2D eigenvalue weighted by molar-refractivity contribution is -0.116. The zero-order valence-electron chi connectivity index (χ0n) is 11.4. The number of amides is 1. The number of aromatic nitrogens is 2. The van der Waals surface area contributed by atoms with E-state index in [0.29, 0.717) is 29.4 Å². The molecule has 106 valence electrons. The van der Waals surface area contributed by atoms with Gasteiger partial charge in [0.15, 0.2) is 0 Å². The van der Waals surface area contributed by atoms with E-state index < -0.39 is 0 Å². The summed E-state index contributed by atoms with van der Waals surface area (Å²) in [6.45, 7) is 2.46. The molecule has 0 saturated heterocycles. The first-order valence-corrected chi connectivity index (χ1v) is 6.60. The van der Waals surface area contributed by atoms with Gasteiger partial charge in [-0.1, -0.05) is 11.6 Å². The molecule has 2 rings (SSSR count). The van der Waals surface area contributed by atoms with Gasteiger partial charge in [0.05, 0.1) is 17.8 Å². The zero-order valence-corrected chi connectivity index (χ0v) is 12.1. The van der Waals surface area contributed by atoms with Crippen molar-refractivity contribution in [3.63, 3.8) is 0 Å². The second-order valence-electron chi connectivity index (χ2n) is 4.37. The van der Waals surface area contributed by atoms with Crippen molar-refractivity contribution in [1.82, 2.24) is 9.78 Å². The number of ether oxygens (including phenoxy) is 1. The molecule has 0 spiro atoms. The van der Waals surface area contributed by atoms with Crippen LogP contribution in [0, 0.1) is 6.92 Å². The highest BCUT2D eigenvalue weighted by Gasteiger charge is 2.06. The van der Waals surface area contributed by atoms with Gasteiger partial charge in [0.1, 0.15) is 5.75 Å². The van der Waals surface area contributed by atoms with Gasteiger partial charge in [-0.15, -0.1) is 0 Å². The molecule has 1 N–H and O–H groups in total. The zero-order chi connectivity index (χ0) is 14.5. The lowest BCUT2D eigenvalue weighted by Gasteiger charge is -2.08. The highest BCUT2D eigenvalue weighted by Crippen LogP contribution is 2.27. The Morgan fingerprint density at radius 1 is 1.45 bits per heavy atom. The van der Waals surface area contributed by atoms with Crippen molar-refractivity contribution in [2.75, 3.05) is 12.4 Å². The van der Waals surface area contributed by atoms with Gasteiger partial charge in [-0.25, -0.2) is 0 Å². The molecule has 0 atom stereocenters. The summed E-state index contributed by atoms with van der Waals surface area (Å²) in [5.74, 6) is 0.496. The summed E-state index contributed by atoms with van der Waals surface area (Å²) in [5, 5.41) is 7.48. The molecule has 0 bridgehead atoms. The molecule has 2 aromatic rings. The van der Waals surface area contributed by atoms with Gasteiger partial charge in [-0.05, 0) is 31.2 Å². The van der Waals surface area contributed by atoms with Crippen molar-refractivity contribution < 1.29 is 9.53 Å². The summed E-state index contributed by atoms with van der Waals surface area (Å²) >= 11 is 6.00. The quantitative estimate of drug-likeness (QED) is 0.922. The Labute approximate surface area is 122 Å². The molecule has 20 heavy (non-hydrogen) atoms. The number of aryl methyl sites for hydroxylation is 2. The van der Waals surface area contributed by atoms with Crippen LogP contribution in [0.5, 0.6) is 5.75 Å². The topological polar surface area (TPSA) is 56.1 Å². The number of nitrogens with one attached hydrogen (secondary N) is 1. The number of hydrogen-bond acceptors (Lipinski definition) is 3. The second kappa shape index (κ2) is 6.43. The summed E-state index contributed by atoms with van der Waals surface area (Å²) in [4.78, 5) is 11.8. The SMILES string of the molecule is COc1ccc(NC(=O)CCn2ccc(C)n2)cc1Cl. The molecule has 5 nitrogen and oxygen atoms in total. The predicted octanol–water partition coefficient (Wildman–Crippen LogP) is 2.88. The summed E-state index contributed by atoms with van der Waals surface area (Å²) in [7, 11) is 1.55. The van der Waals surface area contributed by atoms with E-state index in [-0.39, 0.29) is 5.91 Å². The van der Waals surface area contributed by atoms with Gasteiger partial charge < -0.3 is 10.1 Å². The van der Waals surface area contributed by atoms with Gasteiger partial charge in [0.2, 0.25) is 5.91 Å². The number of nitrogens with zero attached hydrogens (tertiary/aromatic N) is 2. The van der Waals surface area contributed by atoms with Crippen LogP contribution in [0.15, 0.2) is 30.5 Å². The molecule has 0 fully saturated rings. The van der Waals surface area contributed by atoms with Crippen LogP contribution in [0.4, 0.5) is 5.69 Å². The third-order valence-corrected chi connectivity index (χ3v) is 3.07. The van der Waals surface area contributed by atoms with Gasteiger partial charge in [-0.3, -0.25) is 9.48 Å². The van der Waals surface area contributed by atoms with Crippen molar-refractivity contribution in [1.29, 1.82) is 0 Å². The van der Waals surface area contributed by atoms with Crippen LogP contribution >= 0.6 is 11.6 Å². The van der Waals surface area contributed by atoms with E-state index in [9.17, 15) is 4.79 Å². The van der Waals surface area contributed by atoms with E-state index in [1.54, 1.807) is 30.0 Å². The standard InChI is InChI=1S/C14H16ClN3O2/c1-10-5-7-18(17-10)8-6-14(19)16-11-3-4-13(20-2)12(15)9-11/h3-5,7,9H,6,8H2,1-2H3,(H,16,19). The molecular weight excluding hydrogens is 278 g/mol. The lowest BCUT2D eigenvalue weighted by Crippen LogP contribution is -2.14. The molecule has 0 saturated carbocycles. The van der Waals surface area contributed by atoms with Gasteiger partial charge in [-0.2, -0.15) is 5.10 Å². The maximum Gasteiger partial charge on any atom is 0.226 e. The highest BCUT2D eigenvalue weighted by molar-refractivity contribution is 6.32. The molecule has 1 heterocycles. The number of methoxy groups -OCH3 is 1. The number of hydrogen-bond donors (Lipinski definition) is 1. The van der Waals surface area contributed by atoms with Crippen molar-refractivity contribution >= 4 is 23.2 Å². The Balaban J connectivity index is 1.89. The van der Waals surface area contributed by atoms with Crippen molar-refractivity contribution in [3.8, 4) is 5.75 Å². The van der Waals surface area contributed by atoms with E-state index in [0.717, 1.165) is 5.69 Å². The predicted molar refractivity (Wildman–Crippen MR) is 78.2 cm³/mol. The average Bonchev–Trinajstić information content (AvgIpc) is 2.82. The number of halogens is 1. The Kier molecular flexibility index (Phi) is 4.63.